The first kappa shape index (κ1) is 14.4. The van der Waals surface area contributed by atoms with Gasteiger partial charge in [-0.15, -0.1) is 0 Å². The number of benzene rings is 1. The maximum absolute atomic E-state index is 12.5. The van der Waals surface area contributed by atoms with Crippen molar-refractivity contribution in [2.75, 3.05) is 6.54 Å². The Bertz CT molecular complexity index is 459. The lowest BCUT2D eigenvalue weighted by molar-refractivity contribution is -0.137. The van der Waals surface area contributed by atoms with Crippen LogP contribution in [0.25, 0.3) is 0 Å². The molecule has 2 unspecified atom stereocenters. The van der Waals surface area contributed by atoms with Crippen molar-refractivity contribution in [3.63, 3.8) is 0 Å². The molecule has 0 aliphatic heterocycles. The van der Waals surface area contributed by atoms with Crippen LogP contribution in [0.1, 0.15) is 38.3 Å². The second-order valence-corrected chi connectivity index (χ2v) is 5.72. The molecule has 19 heavy (non-hydrogen) atoms. The molecule has 0 heterocycles. The summed E-state index contributed by atoms with van der Waals surface area (Å²) in [6.07, 6.45) is 2.16. The molecule has 104 valence electrons. The van der Waals surface area contributed by atoms with Gasteiger partial charge in [0.2, 0.25) is 5.91 Å². The number of hydrogen-bond donors (Lipinski definition) is 1. The molecule has 3 nitrogen and oxygen atoms in total. The van der Waals surface area contributed by atoms with Crippen molar-refractivity contribution in [1.29, 1.82) is 0 Å². The van der Waals surface area contributed by atoms with Gasteiger partial charge in [-0.25, -0.2) is 0 Å². The fraction of sp³-hybridized carbons (Fsp3) is 0.533. The van der Waals surface area contributed by atoms with E-state index in [-0.39, 0.29) is 17.9 Å². The minimum absolute atomic E-state index is 0.00250. The average Bonchev–Trinajstić information content (AvgIpc) is 3.22. The molecule has 0 spiro atoms. The van der Waals surface area contributed by atoms with Gasteiger partial charge in [-0.2, -0.15) is 0 Å². The van der Waals surface area contributed by atoms with Crippen LogP contribution < -0.4 is 5.73 Å². The van der Waals surface area contributed by atoms with E-state index in [1.54, 1.807) is 0 Å². The molecule has 0 radical (unpaired) electrons. The molecule has 1 saturated carbocycles. The van der Waals surface area contributed by atoms with E-state index in [1.165, 1.54) is 0 Å². The fourth-order valence-corrected chi connectivity index (χ4v) is 2.65. The van der Waals surface area contributed by atoms with Crippen LogP contribution in [0.2, 0.25) is 5.02 Å². The van der Waals surface area contributed by atoms with E-state index in [0.717, 1.165) is 18.4 Å². The van der Waals surface area contributed by atoms with Crippen LogP contribution >= 0.6 is 11.6 Å². The lowest BCUT2D eigenvalue weighted by Gasteiger charge is -2.32. The Hall–Kier alpha value is -1.06. The van der Waals surface area contributed by atoms with Gasteiger partial charge in [-0.1, -0.05) is 36.7 Å². The highest BCUT2D eigenvalue weighted by atomic mass is 35.5. The van der Waals surface area contributed by atoms with Crippen molar-refractivity contribution in [1.82, 2.24) is 4.90 Å². The van der Waals surface area contributed by atoms with Crippen molar-refractivity contribution < 1.29 is 4.79 Å². The number of nitrogens with zero attached hydrogens (tertiary/aromatic N) is 1. The van der Waals surface area contributed by atoms with Gasteiger partial charge in [0.15, 0.2) is 0 Å². The predicted octanol–water partition coefficient (Wildman–Crippen LogP) is 2.99. The van der Waals surface area contributed by atoms with Gasteiger partial charge in [0, 0.05) is 23.5 Å². The highest BCUT2D eigenvalue weighted by Crippen LogP contribution is 2.37. The number of carbonyl (C=O) groups is 1. The van der Waals surface area contributed by atoms with Crippen LogP contribution in [0.5, 0.6) is 0 Å². The predicted molar refractivity (Wildman–Crippen MR) is 78.0 cm³/mol. The van der Waals surface area contributed by atoms with E-state index in [4.69, 9.17) is 17.3 Å². The largest absolute Gasteiger partial charge is 0.333 e. The van der Waals surface area contributed by atoms with Crippen molar-refractivity contribution in [3.05, 3.63) is 34.9 Å². The first-order valence-corrected chi connectivity index (χ1v) is 7.20. The summed E-state index contributed by atoms with van der Waals surface area (Å²) in [4.78, 5) is 14.5. The van der Waals surface area contributed by atoms with Gasteiger partial charge in [-0.05, 0) is 31.4 Å². The van der Waals surface area contributed by atoms with Gasteiger partial charge in [0.1, 0.15) is 0 Å². The molecule has 1 aromatic carbocycles. The molecule has 2 atom stereocenters. The molecule has 2 N–H and O–H groups in total. The molecule has 1 aliphatic rings. The maximum Gasteiger partial charge on any atom is 0.227 e. The summed E-state index contributed by atoms with van der Waals surface area (Å²) in [6.45, 7) is 4.31. The third-order valence-corrected chi connectivity index (χ3v) is 4.09. The minimum atomic E-state index is -0.134. The Labute approximate surface area is 119 Å². The summed E-state index contributed by atoms with van der Waals surface area (Å²) in [7, 11) is 0. The molecule has 0 bridgehead atoms. The molecule has 4 heteroatoms. The fourth-order valence-electron chi connectivity index (χ4n) is 2.36. The van der Waals surface area contributed by atoms with Crippen molar-refractivity contribution >= 4 is 17.5 Å². The zero-order chi connectivity index (χ0) is 14.0. The van der Waals surface area contributed by atoms with Gasteiger partial charge < -0.3 is 10.6 Å². The van der Waals surface area contributed by atoms with Gasteiger partial charge in [0.25, 0.3) is 0 Å². The van der Waals surface area contributed by atoms with Crippen molar-refractivity contribution in [2.45, 2.75) is 38.8 Å². The molecule has 1 aromatic rings. The number of hydrogen-bond acceptors (Lipinski definition) is 2. The second kappa shape index (κ2) is 5.93. The number of amides is 1. The Morgan fingerprint density at radius 2 is 2.05 bits per heavy atom. The first-order chi connectivity index (χ1) is 9.06. The minimum Gasteiger partial charge on any atom is -0.333 e. The Morgan fingerprint density at radius 1 is 1.42 bits per heavy atom. The highest BCUT2D eigenvalue weighted by molar-refractivity contribution is 6.31. The summed E-state index contributed by atoms with van der Waals surface area (Å²) < 4.78 is 0. The molecule has 1 amide bonds. The monoisotopic (exact) mass is 280 g/mol. The summed E-state index contributed by atoms with van der Waals surface area (Å²) in [6, 6.07) is 8.08. The average molecular weight is 281 g/mol. The molecule has 2 rings (SSSR count). The normalized spacial score (nSPS) is 17.9. The Kier molecular flexibility index (Phi) is 4.48. The second-order valence-electron chi connectivity index (χ2n) is 5.31. The third kappa shape index (κ3) is 3.10. The van der Waals surface area contributed by atoms with Crippen LogP contribution in [0.3, 0.4) is 0 Å². The number of rotatable bonds is 5. The van der Waals surface area contributed by atoms with E-state index >= 15 is 0 Å². The summed E-state index contributed by atoms with van der Waals surface area (Å²) in [5, 5.41) is 0.717. The van der Waals surface area contributed by atoms with E-state index in [0.29, 0.717) is 17.6 Å². The van der Waals surface area contributed by atoms with Crippen LogP contribution in [0.15, 0.2) is 24.3 Å². The first-order valence-electron chi connectivity index (χ1n) is 6.83. The van der Waals surface area contributed by atoms with E-state index in [2.05, 4.69) is 0 Å². The summed E-state index contributed by atoms with van der Waals surface area (Å²) in [5.41, 5.74) is 6.63. The number of halogens is 1. The van der Waals surface area contributed by atoms with Crippen molar-refractivity contribution in [3.8, 4) is 0 Å². The van der Waals surface area contributed by atoms with E-state index in [9.17, 15) is 4.79 Å². The zero-order valence-electron chi connectivity index (χ0n) is 11.5. The quantitative estimate of drug-likeness (QED) is 0.901. The smallest absolute Gasteiger partial charge is 0.227 e. The maximum atomic E-state index is 12.5. The third-order valence-electron chi connectivity index (χ3n) is 3.74. The van der Waals surface area contributed by atoms with Crippen LogP contribution in [0, 0.1) is 5.92 Å². The van der Waals surface area contributed by atoms with Crippen molar-refractivity contribution in [2.24, 2.45) is 11.7 Å². The molecule has 0 aromatic heterocycles. The van der Waals surface area contributed by atoms with Gasteiger partial charge in [0.05, 0.1) is 6.04 Å². The van der Waals surface area contributed by atoms with Gasteiger partial charge >= 0.3 is 0 Å². The Morgan fingerprint density at radius 3 is 2.58 bits per heavy atom. The molecular formula is C15H21ClN2O. The Balaban J connectivity index is 2.24. The van der Waals surface area contributed by atoms with Crippen LogP contribution in [-0.4, -0.2) is 23.4 Å². The SMILES string of the molecule is CC(CN)C(=O)N(C1CC1)C(C)c1ccccc1Cl. The van der Waals surface area contributed by atoms with Gasteiger partial charge in [-0.3, -0.25) is 4.79 Å². The van der Waals surface area contributed by atoms with Crippen LogP contribution in [0.4, 0.5) is 0 Å². The van der Waals surface area contributed by atoms with E-state index in [1.807, 2.05) is 43.0 Å². The highest BCUT2D eigenvalue weighted by Gasteiger charge is 2.37. The lowest BCUT2D eigenvalue weighted by atomic mass is 10.0. The van der Waals surface area contributed by atoms with Crippen LogP contribution in [-0.2, 0) is 4.79 Å². The topological polar surface area (TPSA) is 46.3 Å². The van der Waals surface area contributed by atoms with E-state index < -0.39 is 0 Å². The number of nitrogens with two attached hydrogens (primary N) is 1. The summed E-state index contributed by atoms with van der Waals surface area (Å²) in [5.74, 6) is 0.00274. The lowest BCUT2D eigenvalue weighted by Crippen LogP contribution is -2.41. The molecule has 1 aliphatic carbocycles. The zero-order valence-corrected chi connectivity index (χ0v) is 12.2. The number of carbonyl (C=O) groups excluding carboxylic acids is 1. The standard InChI is InChI=1S/C15H21ClN2O/c1-10(9-17)15(19)18(12-7-8-12)11(2)13-5-3-4-6-14(13)16/h3-6,10-12H,7-9,17H2,1-2H3. The molecular weight excluding hydrogens is 260 g/mol. The summed E-state index contributed by atoms with van der Waals surface area (Å²) >= 11 is 6.24. The molecule has 1 fully saturated rings. The molecule has 0 saturated heterocycles.